The Morgan fingerprint density at radius 2 is 1.88 bits per heavy atom. The molecule has 2 aliphatic rings. The quantitative estimate of drug-likeness (QED) is 0.649. The molecule has 0 radical (unpaired) electrons. The lowest BCUT2D eigenvalue weighted by Crippen LogP contribution is -2.41. The van der Waals surface area contributed by atoms with Crippen molar-refractivity contribution in [3.63, 3.8) is 0 Å². The third-order valence-corrected chi connectivity index (χ3v) is 6.93. The number of benzene rings is 1. The van der Waals surface area contributed by atoms with E-state index in [2.05, 4.69) is 15.7 Å². The van der Waals surface area contributed by atoms with Gasteiger partial charge < -0.3 is 20.3 Å². The van der Waals surface area contributed by atoms with Crippen LogP contribution in [0.25, 0.3) is 0 Å². The SMILES string of the molecule is Cn1ncc(N2CC[C@@H](OC(=O)N[C@H]3CC[C@@H](CNC(=O)c4ccccc4)CC3)C2)c(Cl)c1=O. The molecular weight excluding hydrogens is 458 g/mol. The summed E-state index contributed by atoms with van der Waals surface area (Å²) in [7, 11) is 1.55. The Bertz CT molecular complexity index is 1070. The van der Waals surface area contributed by atoms with Gasteiger partial charge in [-0.25, -0.2) is 9.48 Å². The van der Waals surface area contributed by atoms with Crippen molar-refractivity contribution in [2.75, 3.05) is 24.5 Å². The highest BCUT2D eigenvalue weighted by Crippen LogP contribution is 2.27. The van der Waals surface area contributed by atoms with Crippen molar-refractivity contribution >= 4 is 29.3 Å². The number of ether oxygens (including phenoxy) is 1. The van der Waals surface area contributed by atoms with Gasteiger partial charge in [0, 0.05) is 38.2 Å². The Morgan fingerprint density at radius 1 is 1.15 bits per heavy atom. The average molecular weight is 488 g/mol. The topological polar surface area (TPSA) is 106 Å². The number of hydrogen-bond acceptors (Lipinski definition) is 6. The van der Waals surface area contributed by atoms with E-state index in [0.717, 1.165) is 25.7 Å². The highest BCUT2D eigenvalue weighted by molar-refractivity contribution is 6.33. The van der Waals surface area contributed by atoms with Crippen LogP contribution in [0.3, 0.4) is 0 Å². The van der Waals surface area contributed by atoms with Gasteiger partial charge in [-0.3, -0.25) is 9.59 Å². The van der Waals surface area contributed by atoms with E-state index in [1.807, 2.05) is 23.1 Å². The Kier molecular flexibility index (Phi) is 7.72. The summed E-state index contributed by atoms with van der Waals surface area (Å²) in [5.74, 6) is 0.352. The first-order valence-electron chi connectivity index (χ1n) is 11.7. The van der Waals surface area contributed by atoms with E-state index in [1.165, 1.54) is 4.68 Å². The zero-order valence-corrected chi connectivity index (χ0v) is 20.0. The summed E-state index contributed by atoms with van der Waals surface area (Å²) in [5, 5.41) is 10.1. The molecule has 1 aromatic heterocycles. The first-order chi connectivity index (χ1) is 16.4. The van der Waals surface area contributed by atoms with E-state index in [1.54, 1.807) is 25.4 Å². The maximum Gasteiger partial charge on any atom is 0.407 e. The van der Waals surface area contributed by atoms with Crippen LogP contribution in [0.15, 0.2) is 41.3 Å². The zero-order chi connectivity index (χ0) is 24.1. The lowest BCUT2D eigenvalue weighted by molar-refractivity contribution is 0.0940. The van der Waals surface area contributed by atoms with Crippen LogP contribution in [0.5, 0.6) is 0 Å². The normalized spacial score (nSPS) is 22.3. The van der Waals surface area contributed by atoms with Crippen LogP contribution < -0.4 is 21.1 Å². The van der Waals surface area contributed by atoms with Crippen LogP contribution in [0.2, 0.25) is 5.02 Å². The standard InChI is InChI=1S/C24H30ClN5O4/c1-29-23(32)21(25)20(14-27-29)30-12-11-19(15-30)34-24(33)28-18-9-7-16(8-10-18)13-26-22(31)17-5-3-2-4-6-17/h2-6,14,16,18-19H,7-13,15H2,1H3,(H,26,31)(H,28,33)/t16-,18+,19-/m1/s1. The lowest BCUT2D eigenvalue weighted by atomic mass is 9.86. The molecule has 2 aromatic rings. The summed E-state index contributed by atoms with van der Waals surface area (Å²) >= 11 is 6.19. The van der Waals surface area contributed by atoms with Gasteiger partial charge in [0.25, 0.3) is 11.5 Å². The molecule has 0 bridgehead atoms. The first kappa shape index (κ1) is 24.1. The molecule has 4 rings (SSSR count). The molecule has 10 heteroatoms. The van der Waals surface area contributed by atoms with E-state index in [-0.39, 0.29) is 28.6 Å². The van der Waals surface area contributed by atoms with Gasteiger partial charge in [-0.15, -0.1) is 0 Å². The highest BCUT2D eigenvalue weighted by atomic mass is 35.5. The second kappa shape index (κ2) is 10.9. The van der Waals surface area contributed by atoms with E-state index in [0.29, 0.717) is 43.2 Å². The molecule has 1 aromatic carbocycles. The van der Waals surface area contributed by atoms with Gasteiger partial charge in [-0.1, -0.05) is 29.8 Å². The smallest absolute Gasteiger partial charge is 0.407 e. The van der Waals surface area contributed by atoms with Gasteiger partial charge in [0.05, 0.1) is 18.4 Å². The maximum atomic E-state index is 12.4. The van der Waals surface area contributed by atoms with Crippen LogP contribution in [-0.2, 0) is 11.8 Å². The zero-order valence-electron chi connectivity index (χ0n) is 19.2. The number of aryl methyl sites for hydroxylation is 1. The second-order valence-corrected chi connectivity index (χ2v) is 9.35. The largest absolute Gasteiger partial charge is 0.444 e. The number of carbonyl (C=O) groups is 2. The molecular formula is C24H30ClN5O4. The second-order valence-electron chi connectivity index (χ2n) is 8.97. The van der Waals surface area contributed by atoms with Gasteiger partial charge >= 0.3 is 6.09 Å². The monoisotopic (exact) mass is 487 g/mol. The Hall–Kier alpha value is -3.07. The molecule has 0 unspecified atom stereocenters. The number of nitrogens with zero attached hydrogens (tertiary/aromatic N) is 3. The molecule has 1 atom stereocenters. The predicted octanol–water partition coefficient (Wildman–Crippen LogP) is 2.73. The molecule has 1 saturated heterocycles. The van der Waals surface area contributed by atoms with E-state index < -0.39 is 6.09 Å². The van der Waals surface area contributed by atoms with Crippen molar-refractivity contribution in [1.82, 2.24) is 20.4 Å². The number of halogens is 1. The molecule has 2 heterocycles. The summed E-state index contributed by atoms with van der Waals surface area (Å²) in [6.45, 7) is 1.74. The average Bonchev–Trinajstić information content (AvgIpc) is 3.30. The number of rotatable bonds is 6. The maximum absolute atomic E-state index is 12.4. The van der Waals surface area contributed by atoms with E-state index >= 15 is 0 Å². The molecule has 2 N–H and O–H groups in total. The molecule has 2 fully saturated rings. The van der Waals surface area contributed by atoms with Crippen molar-refractivity contribution in [3.05, 3.63) is 57.5 Å². The van der Waals surface area contributed by atoms with Crippen LogP contribution in [0.1, 0.15) is 42.5 Å². The fourth-order valence-electron chi connectivity index (χ4n) is 4.56. The van der Waals surface area contributed by atoms with Crippen molar-refractivity contribution in [1.29, 1.82) is 0 Å². The van der Waals surface area contributed by atoms with Gasteiger partial charge in [0.15, 0.2) is 0 Å². The number of carbonyl (C=O) groups excluding carboxylic acids is 2. The summed E-state index contributed by atoms with van der Waals surface area (Å²) in [5.41, 5.74) is 0.879. The summed E-state index contributed by atoms with van der Waals surface area (Å²) in [6, 6.07) is 9.27. The third-order valence-electron chi connectivity index (χ3n) is 6.58. The molecule has 1 saturated carbocycles. The fraction of sp³-hybridized carbons (Fsp3) is 0.500. The molecule has 9 nitrogen and oxygen atoms in total. The van der Waals surface area contributed by atoms with E-state index in [4.69, 9.17) is 16.3 Å². The molecule has 1 aliphatic heterocycles. The first-order valence-corrected chi connectivity index (χ1v) is 12.1. The van der Waals surface area contributed by atoms with Crippen molar-refractivity contribution in [3.8, 4) is 0 Å². The molecule has 0 spiro atoms. The third kappa shape index (κ3) is 5.88. The predicted molar refractivity (Wildman–Crippen MR) is 129 cm³/mol. The summed E-state index contributed by atoms with van der Waals surface area (Å²) in [4.78, 5) is 38.6. The number of nitrogens with one attached hydrogen (secondary N) is 2. The number of amides is 2. The summed E-state index contributed by atoms with van der Waals surface area (Å²) in [6.07, 6.45) is 5.11. The molecule has 2 amide bonds. The Labute approximate surface area is 203 Å². The highest BCUT2D eigenvalue weighted by Gasteiger charge is 2.29. The van der Waals surface area contributed by atoms with Crippen LogP contribution >= 0.6 is 11.6 Å². The van der Waals surface area contributed by atoms with Crippen LogP contribution in [0.4, 0.5) is 10.5 Å². The van der Waals surface area contributed by atoms with Gasteiger partial charge in [-0.05, 0) is 43.7 Å². The fourth-order valence-corrected chi connectivity index (χ4v) is 4.85. The van der Waals surface area contributed by atoms with Crippen LogP contribution in [-0.4, -0.2) is 53.6 Å². The summed E-state index contributed by atoms with van der Waals surface area (Å²) < 4.78 is 6.81. The van der Waals surface area contributed by atoms with Crippen molar-refractivity contribution in [2.45, 2.75) is 44.2 Å². The van der Waals surface area contributed by atoms with Gasteiger partial charge in [0.1, 0.15) is 11.1 Å². The lowest BCUT2D eigenvalue weighted by Gasteiger charge is -2.29. The van der Waals surface area contributed by atoms with Crippen molar-refractivity contribution < 1.29 is 14.3 Å². The Balaban J connectivity index is 1.17. The minimum absolute atomic E-state index is 0.0528. The molecule has 34 heavy (non-hydrogen) atoms. The molecule has 1 aliphatic carbocycles. The van der Waals surface area contributed by atoms with Gasteiger partial charge in [-0.2, -0.15) is 5.10 Å². The number of hydrogen-bond donors (Lipinski definition) is 2. The number of alkyl carbamates (subject to hydrolysis) is 1. The minimum atomic E-state index is -0.416. The minimum Gasteiger partial charge on any atom is -0.444 e. The molecule has 182 valence electrons. The van der Waals surface area contributed by atoms with Crippen LogP contribution in [0, 0.1) is 5.92 Å². The van der Waals surface area contributed by atoms with Crippen molar-refractivity contribution in [2.24, 2.45) is 13.0 Å². The van der Waals surface area contributed by atoms with Gasteiger partial charge in [0.2, 0.25) is 0 Å². The van der Waals surface area contributed by atoms with E-state index in [9.17, 15) is 14.4 Å². The number of anilines is 1. The Morgan fingerprint density at radius 3 is 2.62 bits per heavy atom. The number of aromatic nitrogens is 2.